The van der Waals surface area contributed by atoms with Crippen LogP contribution in [0.5, 0.6) is 0 Å². The van der Waals surface area contributed by atoms with Crippen LogP contribution in [0, 0.1) is 0 Å². The Morgan fingerprint density at radius 2 is 1.62 bits per heavy atom. The maximum absolute atomic E-state index is 5.96. The number of guanidine groups is 1. The second-order valence-electron chi connectivity index (χ2n) is 4.70. The monoisotopic (exact) mass is 303 g/mol. The van der Waals surface area contributed by atoms with Crippen molar-refractivity contribution in [3.63, 3.8) is 0 Å². The molecule has 21 heavy (non-hydrogen) atoms. The minimum Gasteiger partial charge on any atom is -0.369 e. The molecule has 0 saturated heterocycles. The molecule has 4 heteroatoms. The van der Waals surface area contributed by atoms with Crippen LogP contribution in [0.1, 0.15) is 25.0 Å². The molecule has 0 aliphatic rings. The van der Waals surface area contributed by atoms with Gasteiger partial charge in [0.2, 0.25) is 0 Å². The maximum Gasteiger partial charge on any atom is 0.198 e. The van der Waals surface area contributed by atoms with Gasteiger partial charge in [0.05, 0.1) is 5.69 Å². The Morgan fingerprint density at radius 3 is 2.29 bits per heavy atom. The molecule has 0 amide bonds. The lowest BCUT2D eigenvalue weighted by atomic mass is 10.1. The van der Waals surface area contributed by atoms with Crippen LogP contribution >= 0.6 is 12.4 Å². The quantitative estimate of drug-likeness (QED) is 0.654. The molecule has 0 bridgehead atoms. The van der Waals surface area contributed by atoms with Crippen molar-refractivity contribution in [1.82, 2.24) is 0 Å². The van der Waals surface area contributed by atoms with Crippen molar-refractivity contribution >= 4 is 29.7 Å². The number of benzene rings is 2. The first-order valence-corrected chi connectivity index (χ1v) is 7.00. The highest BCUT2D eigenvalue weighted by atomic mass is 35.5. The molecule has 0 aromatic heterocycles. The molecule has 3 nitrogen and oxygen atoms in total. The molecule has 0 spiro atoms. The lowest BCUT2D eigenvalue weighted by Gasteiger charge is -2.07. The average molecular weight is 304 g/mol. The van der Waals surface area contributed by atoms with Crippen molar-refractivity contribution in [1.29, 1.82) is 0 Å². The van der Waals surface area contributed by atoms with Gasteiger partial charge in [-0.25, -0.2) is 4.99 Å². The first kappa shape index (κ1) is 17.1. The zero-order valence-corrected chi connectivity index (χ0v) is 13.3. The topological polar surface area (TPSA) is 50.4 Å². The number of nitrogens with one attached hydrogen (secondary N) is 1. The molecular formula is C17H22ClN3. The summed E-state index contributed by atoms with van der Waals surface area (Å²) in [6.07, 6.45) is 2.00. The number of halogens is 1. The van der Waals surface area contributed by atoms with E-state index in [1.54, 1.807) is 0 Å². The van der Waals surface area contributed by atoms with E-state index in [2.05, 4.69) is 48.4 Å². The lowest BCUT2D eigenvalue weighted by molar-refractivity contribution is 1.14. The molecular weight excluding hydrogens is 282 g/mol. The van der Waals surface area contributed by atoms with E-state index in [1.165, 1.54) is 11.1 Å². The third-order valence-electron chi connectivity index (χ3n) is 3.18. The van der Waals surface area contributed by atoms with Crippen LogP contribution in [0.25, 0.3) is 0 Å². The molecule has 0 aliphatic heterocycles. The molecule has 3 N–H and O–H groups in total. The van der Waals surface area contributed by atoms with E-state index in [-0.39, 0.29) is 12.4 Å². The van der Waals surface area contributed by atoms with Gasteiger partial charge >= 0.3 is 0 Å². The van der Waals surface area contributed by atoms with E-state index in [0.29, 0.717) is 5.96 Å². The summed E-state index contributed by atoms with van der Waals surface area (Å²) in [4.78, 5) is 4.40. The maximum atomic E-state index is 5.96. The third-order valence-corrected chi connectivity index (χ3v) is 3.18. The molecule has 0 heterocycles. The standard InChI is InChI=1S/C17H21N3.ClH/c1-3-13-7-5-9-15(11-13)19-17(18)20-16-10-6-8-14(4-2)12-16;/h5-12H,3-4H2,1-2H3,(H3,18,19,20);1H. The SMILES string of the molecule is CCc1cccc(N=C(N)Nc2cccc(CC)c2)c1.Cl. The summed E-state index contributed by atoms with van der Waals surface area (Å²) in [5.41, 5.74) is 10.3. The average Bonchev–Trinajstić information content (AvgIpc) is 2.47. The van der Waals surface area contributed by atoms with Gasteiger partial charge in [-0.05, 0) is 48.2 Å². The van der Waals surface area contributed by atoms with Crippen LogP contribution in [-0.2, 0) is 12.8 Å². The number of nitrogens with two attached hydrogens (primary N) is 1. The van der Waals surface area contributed by atoms with Crippen LogP contribution < -0.4 is 11.1 Å². The van der Waals surface area contributed by atoms with Gasteiger partial charge in [-0.1, -0.05) is 38.1 Å². The van der Waals surface area contributed by atoms with Crippen LogP contribution in [0.2, 0.25) is 0 Å². The van der Waals surface area contributed by atoms with Gasteiger partial charge < -0.3 is 11.1 Å². The summed E-state index contributed by atoms with van der Waals surface area (Å²) in [6, 6.07) is 16.3. The van der Waals surface area contributed by atoms with Crippen molar-refractivity contribution < 1.29 is 0 Å². The molecule has 112 valence electrons. The van der Waals surface area contributed by atoms with E-state index < -0.39 is 0 Å². The molecule has 0 radical (unpaired) electrons. The zero-order valence-electron chi connectivity index (χ0n) is 12.5. The largest absolute Gasteiger partial charge is 0.369 e. The minimum atomic E-state index is 0. The highest BCUT2D eigenvalue weighted by Gasteiger charge is 1.98. The Balaban J connectivity index is 0.00000220. The fourth-order valence-electron chi connectivity index (χ4n) is 2.03. The van der Waals surface area contributed by atoms with Crippen LogP contribution in [0.4, 0.5) is 11.4 Å². The van der Waals surface area contributed by atoms with Gasteiger partial charge in [-0.15, -0.1) is 12.4 Å². The molecule has 0 fully saturated rings. The molecule has 0 saturated carbocycles. The molecule has 2 aromatic rings. The van der Waals surface area contributed by atoms with Crippen LogP contribution in [0.15, 0.2) is 53.5 Å². The minimum absolute atomic E-state index is 0. The van der Waals surface area contributed by atoms with Gasteiger partial charge in [0.15, 0.2) is 5.96 Å². The summed E-state index contributed by atoms with van der Waals surface area (Å²) in [7, 11) is 0. The van der Waals surface area contributed by atoms with E-state index in [4.69, 9.17) is 5.73 Å². The Hall–Kier alpha value is -2.00. The van der Waals surface area contributed by atoms with Crippen molar-refractivity contribution in [2.75, 3.05) is 5.32 Å². The van der Waals surface area contributed by atoms with Crippen molar-refractivity contribution in [3.05, 3.63) is 59.7 Å². The highest BCUT2D eigenvalue weighted by molar-refractivity contribution is 5.94. The number of rotatable bonds is 4. The van der Waals surface area contributed by atoms with Gasteiger partial charge in [0, 0.05) is 5.69 Å². The molecule has 0 atom stereocenters. The first-order valence-electron chi connectivity index (χ1n) is 7.00. The fourth-order valence-corrected chi connectivity index (χ4v) is 2.03. The molecule has 2 aromatic carbocycles. The number of aryl methyl sites for hydroxylation is 2. The summed E-state index contributed by atoms with van der Waals surface area (Å²) in [6.45, 7) is 4.26. The van der Waals surface area contributed by atoms with Gasteiger partial charge in [-0.3, -0.25) is 0 Å². The van der Waals surface area contributed by atoms with E-state index >= 15 is 0 Å². The van der Waals surface area contributed by atoms with Crippen LogP contribution in [0.3, 0.4) is 0 Å². The second kappa shape index (κ2) is 8.32. The van der Waals surface area contributed by atoms with E-state index in [1.807, 2.05) is 24.3 Å². The van der Waals surface area contributed by atoms with Crippen molar-refractivity contribution in [2.24, 2.45) is 10.7 Å². The summed E-state index contributed by atoms with van der Waals surface area (Å²) in [5, 5.41) is 3.13. The molecule has 0 aliphatic carbocycles. The van der Waals surface area contributed by atoms with Crippen molar-refractivity contribution in [2.45, 2.75) is 26.7 Å². The number of aliphatic imine (C=N–C) groups is 1. The first-order chi connectivity index (χ1) is 9.71. The lowest BCUT2D eigenvalue weighted by Crippen LogP contribution is -2.21. The predicted molar refractivity (Wildman–Crippen MR) is 93.8 cm³/mol. The van der Waals surface area contributed by atoms with Crippen LogP contribution in [-0.4, -0.2) is 5.96 Å². The Morgan fingerprint density at radius 1 is 1.00 bits per heavy atom. The van der Waals surface area contributed by atoms with E-state index in [9.17, 15) is 0 Å². The summed E-state index contributed by atoms with van der Waals surface area (Å²) >= 11 is 0. The normalized spacial score (nSPS) is 10.9. The third kappa shape index (κ3) is 5.12. The van der Waals surface area contributed by atoms with E-state index in [0.717, 1.165) is 24.2 Å². The Labute approximate surface area is 132 Å². The smallest absolute Gasteiger partial charge is 0.198 e. The van der Waals surface area contributed by atoms with Crippen molar-refractivity contribution in [3.8, 4) is 0 Å². The fraction of sp³-hybridized carbons (Fsp3) is 0.235. The highest BCUT2D eigenvalue weighted by Crippen LogP contribution is 2.15. The Bertz CT molecular complexity index is 608. The number of nitrogens with zero attached hydrogens (tertiary/aromatic N) is 1. The summed E-state index contributed by atoms with van der Waals surface area (Å²) in [5.74, 6) is 0.409. The van der Waals surface area contributed by atoms with Gasteiger partial charge in [0.1, 0.15) is 0 Å². The number of hydrogen-bond donors (Lipinski definition) is 2. The number of anilines is 1. The zero-order chi connectivity index (χ0) is 14.4. The molecule has 0 unspecified atom stereocenters. The molecule has 2 rings (SSSR count). The Kier molecular flexibility index (Phi) is 6.76. The predicted octanol–water partition coefficient (Wildman–Crippen LogP) is 4.29. The summed E-state index contributed by atoms with van der Waals surface area (Å²) < 4.78 is 0. The second-order valence-corrected chi connectivity index (χ2v) is 4.70. The van der Waals surface area contributed by atoms with Gasteiger partial charge in [-0.2, -0.15) is 0 Å². The number of hydrogen-bond acceptors (Lipinski definition) is 1. The van der Waals surface area contributed by atoms with Gasteiger partial charge in [0.25, 0.3) is 0 Å².